The second-order valence-electron chi connectivity index (χ2n) is 9.28. The highest BCUT2D eigenvalue weighted by Crippen LogP contribution is 2.19. The number of hydrogen-bond donors (Lipinski definition) is 1. The van der Waals surface area contributed by atoms with Crippen LogP contribution in [0.3, 0.4) is 0 Å². The Morgan fingerprint density at radius 1 is 0.941 bits per heavy atom. The smallest absolute Gasteiger partial charge is 0.330 e. The molecule has 0 aromatic heterocycles. The number of esters is 1. The maximum Gasteiger partial charge on any atom is 0.330 e. The molecule has 0 aliphatic rings. The Kier molecular flexibility index (Phi) is 11.2. The first kappa shape index (κ1) is 28.0. The zero-order valence-electron chi connectivity index (χ0n) is 20.6. The second kappa shape index (κ2) is 13.6. The van der Waals surface area contributed by atoms with Crippen LogP contribution in [0, 0.1) is 12.8 Å². The third-order valence-corrected chi connectivity index (χ3v) is 6.95. The van der Waals surface area contributed by atoms with Gasteiger partial charge in [-0.05, 0) is 45.2 Å². The number of carbonyl (C=O) groups is 3. The molecule has 7 heteroatoms. The van der Waals surface area contributed by atoms with Gasteiger partial charge < -0.3 is 10.1 Å². The molecule has 0 heterocycles. The Morgan fingerprint density at radius 3 is 2.18 bits per heavy atom. The van der Waals surface area contributed by atoms with Gasteiger partial charge >= 0.3 is 5.97 Å². The van der Waals surface area contributed by atoms with Gasteiger partial charge in [0, 0.05) is 24.2 Å². The number of amides is 1. The van der Waals surface area contributed by atoms with E-state index < -0.39 is 23.5 Å². The summed E-state index contributed by atoms with van der Waals surface area (Å²) < 4.78 is 5.59. The van der Waals surface area contributed by atoms with Crippen LogP contribution in [0.1, 0.15) is 44.4 Å². The van der Waals surface area contributed by atoms with E-state index in [-0.39, 0.29) is 11.0 Å². The molecule has 2 aromatic carbocycles. The number of benzene rings is 2. The lowest BCUT2D eigenvalue weighted by Gasteiger charge is -2.26. The molecule has 2 atom stereocenters. The first-order valence-corrected chi connectivity index (χ1v) is 13.5. The van der Waals surface area contributed by atoms with Crippen molar-refractivity contribution >= 4 is 40.5 Å². The molecule has 184 valence electrons. The van der Waals surface area contributed by atoms with E-state index in [1.807, 2.05) is 58.0 Å². The SMILES string of the molecule is CC(=O)SC[C@@H](Cc1ccccc1)C(=O)N[C@@H](CSCc1ccc(C)cc1)C(=O)OC(C)(C)C. The van der Waals surface area contributed by atoms with Crippen LogP contribution in [-0.2, 0) is 31.3 Å². The molecule has 1 N–H and O–H groups in total. The lowest BCUT2D eigenvalue weighted by Crippen LogP contribution is -2.48. The van der Waals surface area contributed by atoms with E-state index in [2.05, 4.69) is 29.6 Å². The van der Waals surface area contributed by atoms with Crippen molar-refractivity contribution in [1.29, 1.82) is 0 Å². The topological polar surface area (TPSA) is 72.5 Å². The van der Waals surface area contributed by atoms with Crippen LogP contribution in [0.4, 0.5) is 0 Å². The number of rotatable bonds is 11. The van der Waals surface area contributed by atoms with Crippen LogP contribution in [-0.4, -0.2) is 40.1 Å². The van der Waals surface area contributed by atoms with Crippen molar-refractivity contribution in [2.75, 3.05) is 11.5 Å². The summed E-state index contributed by atoms with van der Waals surface area (Å²) >= 11 is 2.70. The van der Waals surface area contributed by atoms with Crippen LogP contribution in [0.2, 0.25) is 0 Å². The fraction of sp³-hybridized carbons (Fsp3) is 0.444. The van der Waals surface area contributed by atoms with Gasteiger partial charge in [-0.2, -0.15) is 11.8 Å². The van der Waals surface area contributed by atoms with Crippen molar-refractivity contribution in [3.8, 4) is 0 Å². The molecule has 0 unspecified atom stereocenters. The molecule has 0 saturated heterocycles. The summed E-state index contributed by atoms with van der Waals surface area (Å²) in [5, 5.41) is 2.88. The van der Waals surface area contributed by atoms with Gasteiger partial charge in [0.05, 0.1) is 5.92 Å². The van der Waals surface area contributed by atoms with E-state index >= 15 is 0 Å². The molecule has 0 aliphatic heterocycles. The molecule has 2 aromatic rings. The second-order valence-corrected chi connectivity index (χ2v) is 11.5. The summed E-state index contributed by atoms with van der Waals surface area (Å²) in [7, 11) is 0. The van der Waals surface area contributed by atoms with Gasteiger partial charge in [-0.15, -0.1) is 0 Å². The summed E-state index contributed by atoms with van der Waals surface area (Å²) in [6.45, 7) is 8.97. The molecular formula is C27H35NO4S2. The molecule has 2 rings (SSSR count). The van der Waals surface area contributed by atoms with Gasteiger partial charge in [0.15, 0.2) is 5.12 Å². The van der Waals surface area contributed by atoms with E-state index in [0.717, 1.165) is 28.6 Å². The molecule has 5 nitrogen and oxygen atoms in total. The maximum absolute atomic E-state index is 13.3. The maximum atomic E-state index is 13.3. The Hall–Kier alpha value is -2.25. The van der Waals surface area contributed by atoms with E-state index in [4.69, 9.17) is 4.74 Å². The summed E-state index contributed by atoms with van der Waals surface area (Å²) in [6, 6.07) is 17.2. The average Bonchev–Trinajstić information content (AvgIpc) is 2.76. The molecule has 0 spiro atoms. The highest BCUT2D eigenvalue weighted by molar-refractivity contribution is 8.13. The normalized spacial score (nSPS) is 13.1. The summed E-state index contributed by atoms with van der Waals surface area (Å²) in [6.07, 6.45) is 0.491. The number of hydrogen-bond acceptors (Lipinski definition) is 6. The quantitative estimate of drug-likeness (QED) is 0.427. The number of aryl methyl sites for hydroxylation is 1. The van der Waals surface area contributed by atoms with Gasteiger partial charge in [0.2, 0.25) is 5.91 Å². The third-order valence-electron chi connectivity index (χ3n) is 4.87. The van der Waals surface area contributed by atoms with Crippen LogP contribution < -0.4 is 5.32 Å². The van der Waals surface area contributed by atoms with Gasteiger partial charge in [-0.3, -0.25) is 9.59 Å². The highest BCUT2D eigenvalue weighted by atomic mass is 32.2. The zero-order valence-corrected chi connectivity index (χ0v) is 22.3. The minimum absolute atomic E-state index is 0.0387. The summed E-state index contributed by atoms with van der Waals surface area (Å²) in [5.41, 5.74) is 2.70. The van der Waals surface area contributed by atoms with Gasteiger partial charge in [-0.25, -0.2) is 4.79 Å². The molecule has 0 saturated carbocycles. The fourth-order valence-electron chi connectivity index (χ4n) is 3.15. The predicted molar refractivity (Wildman–Crippen MR) is 142 cm³/mol. The van der Waals surface area contributed by atoms with Crippen molar-refractivity contribution in [2.45, 2.75) is 58.4 Å². The van der Waals surface area contributed by atoms with Crippen LogP contribution >= 0.6 is 23.5 Å². The Labute approximate surface area is 211 Å². The molecule has 34 heavy (non-hydrogen) atoms. The fourth-order valence-corrected chi connectivity index (χ4v) is 4.86. The first-order chi connectivity index (χ1) is 16.0. The van der Waals surface area contributed by atoms with E-state index in [1.54, 1.807) is 11.8 Å². The van der Waals surface area contributed by atoms with Crippen molar-refractivity contribution in [2.24, 2.45) is 5.92 Å². The lowest BCUT2D eigenvalue weighted by atomic mass is 10.00. The van der Waals surface area contributed by atoms with Crippen molar-refractivity contribution < 1.29 is 19.1 Å². The van der Waals surface area contributed by atoms with E-state index in [0.29, 0.717) is 17.9 Å². The van der Waals surface area contributed by atoms with Crippen LogP contribution in [0.5, 0.6) is 0 Å². The standard InChI is InChI=1S/C27H35NO4S2/c1-19-11-13-22(14-12-19)16-33-18-24(26(31)32-27(3,4)5)28-25(30)23(17-34-20(2)29)15-21-9-7-6-8-10-21/h6-14,23-24H,15-18H2,1-5H3,(H,28,30)/t23-,24+/m1/s1. The Balaban J connectivity index is 2.10. The van der Waals surface area contributed by atoms with Crippen LogP contribution in [0.15, 0.2) is 54.6 Å². The summed E-state index contributed by atoms with van der Waals surface area (Å²) in [5.74, 6) is 0.339. The molecule has 0 bridgehead atoms. The molecular weight excluding hydrogens is 466 g/mol. The number of nitrogens with one attached hydrogen (secondary N) is 1. The Bertz CT molecular complexity index is 939. The van der Waals surface area contributed by atoms with Gasteiger partial charge in [0.1, 0.15) is 11.6 Å². The predicted octanol–water partition coefficient (Wildman–Crippen LogP) is 5.19. The largest absolute Gasteiger partial charge is 0.458 e. The molecule has 0 fully saturated rings. The Morgan fingerprint density at radius 2 is 1.59 bits per heavy atom. The van der Waals surface area contributed by atoms with Gasteiger partial charge in [-0.1, -0.05) is 71.9 Å². The molecule has 0 radical (unpaired) electrons. The summed E-state index contributed by atoms with van der Waals surface area (Å²) in [4.78, 5) is 37.7. The van der Waals surface area contributed by atoms with Crippen molar-refractivity contribution in [3.05, 3.63) is 71.3 Å². The number of ether oxygens (including phenoxy) is 1. The first-order valence-electron chi connectivity index (χ1n) is 11.4. The highest BCUT2D eigenvalue weighted by Gasteiger charge is 2.29. The monoisotopic (exact) mass is 501 g/mol. The van der Waals surface area contributed by atoms with Crippen molar-refractivity contribution in [1.82, 2.24) is 5.32 Å². The van der Waals surface area contributed by atoms with Crippen LogP contribution in [0.25, 0.3) is 0 Å². The minimum Gasteiger partial charge on any atom is -0.458 e. The molecule has 0 aliphatic carbocycles. The average molecular weight is 502 g/mol. The number of carbonyl (C=O) groups excluding carboxylic acids is 3. The zero-order chi connectivity index (χ0) is 25.1. The molecule has 1 amide bonds. The minimum atomic E-state index is -0.775. The van der Waals surface area contributed by atoms with E-state index in [9.17, 15) is 14.4 Å². The number of thioether (sulfide) groups is 2. The van der Waals surface area contributed by atoms with E-state index in [1.165, 1.54) is 12.5 Å². The van der Waals surface area contributed by atoms with Crippen molar-refractivity contribution in [3.63, 3.8) is 0 Å². The lowest BCUT2D eigenvalue weighted by molar-refractivity contribution is -0.158. The van der Waals surface area contributed by atoms with Gasteiger partial charge in [0.25, 0.3) is 0 Å². The third kappa shape index (κ3) is 10.8.